The summed E-state index contributed by atoms with van der Waals surface area (Å²) < 4.78 is 8.58. The molecule has 0 fully saturated rings. The van der Waals surface area contributed by atoms with Crippen molar-refractivity contribution in [1.29, 1.82) is 0 Å². The quantitative estimate of drug-likeness (QED) is 0.428. The third-order valence-corrected chi connectivity index (χ3v) is 7.22. The minimum absolute atomic E-state index is 0.0719. The first kappa shape index (κ1) is 17.8. The summed E-state index contributed by atoms with van der Waals surface area (Å²) in [4.78, 5) is 6.92. The summed E-state index contributed by atoms with van der Waals surface area (Å²) in [5, 5.41) is 10.2. The molecule has 5 nitrogen and oxygen atoms in total. The topological polar surface area (TPSA) is 52.0 Å². The zero-order valence-electron chi connectivity index (χ0n) is 16.1. The van der Waals surface area contributed by atoms with E-state index in [9.17, 15) is 0 Å². The first-order valence-corrected chi connectivity index (χ1v) is 11.8. The summed E-state index contributed by atoms with van der Waals surface area (Å²) in [7, 11) is 0. The molecule has 0 amide bonds. The van der Waals surface area contributed by atoms with Crippen LogP contribution in [0.15, 0.2) is 82.8 Å². The molecular formula is C23H18N4OS2. The van der Waals surface area contributed by atoms with Crippen LogP contribution in [0, 0.1) is 0 Å². The maximum atomic E-state index is 6.62. The van der Waals surface area contributed by atoms with Crippen LogP contribution in [0.25, 0.3) is 5.70 Å². The molecule has 7 heteroatoms. The molecule has 2 atom stereocenters. The number of hydrogen-bond acceptors (Lipinski definition) is 6. The van der Waals surface area contributed by atoms with E-state index < -0.39 is 0 Å². The molecule has 0 spiro atoms. The van der Waals surface area contributed by atoms with E-state index in [-0.39, 0.29) is 12.1 Å². The van der Waals surface area contributed by atoms with Gasteiger partial charge in [0.05, 0.1) is 5.70 Å². The Morgan fingerprint density at radius 2 is 1.93 bits per heavy atom. The van der Waals surface area contributed by atoms with Crippen molar-refractivity contribution >= 4 is 34.7 Å². The second-order valence-electron chi connectivity index (χ2n) is 7.17. The number of hydrogen-bond donors (Lipinski definition) is 1. The molecule has 0 radical (unpaired) electrons. The average molecular weight is 431 g/mol. The van der Waals surface area contributed by atoms with E-state index in [1.165, 1.54) is 9.77 Å². The fourth-order valence-corrected chi connectivity index (χ4v) is 5.43. The third-order valence-electron chi connectivity index (χ3n) is 5.55. The van der Waals surface area contributed by atoms with Gasteiger partial charge in [0.15, 0.2) is 0 Å². The molecule has 4 heterocycles. The first-order valence-electron chi connectivity index (χ1n) is 9.67. The van der Waals surface area contributed by atoms with E-state index in [0.717, 1.165) is 34.1 Å². The Bertz CT molecular complexity index is 1240. The van der Waals surface area contributed by atoms with Crippen LogP contribution in [0.5, 0.6) is 5.75 Å². The van der Waals surface area contributed by atoms with Gasteiger partial charge in [-0.05, 0) is 47.5 Å². The number of thioether (sulfide) groups is 1. The van der Waals surface area contributed by atoms with Gasteiger partial charge in [0, 0.05) is 20.9 Å². The zero-order valence-corrected chi connectivity index (χ0v) is 17.8. The second kappa shape index (κ2) is 7.04. The van der Waals surface area contributed by atoms with E-state index >= 15 is 0 Å². The van der Waals surface area contributed by atoms with Crippen molar-refractivity contribution in [2.75, 3.05) is 11.6 Å². The van der Waals surface area contributed by atoms with Crippen molar-refractivity contribution in [3.63, 3.8) is 0 Å². The summed E-state index contributed by atoms with van der Waals surface area (Å²) in [5.41, 5.74) is 4.41. The lowest BCUT2D eigenvalue weighted by Crippen LogP contribution is -2.32. The van der Waals surface area contributed by atoms with E-state index in [0.29, 0.717) is 0 Å². The highest BCUT2D eigenvalue weighted by molar-refractivity contribution is 7.98. The first-order chi connectivity index (χ1) is 14.8. The minimum Gasteiger partial charge on any atom is -0.480 e. The zero-order chi connectivity index (χ0) is 20.1. The van der Waals surface area contributed by atoms with Gasteiger partial charge in [-0.25, -0.2) is 4.68 Å². The van der Waals surface area contributed by atoms with Gasteiger partial charge in [0.25, 0.3) is 0 Å². The van der Waals surface area contributed by atoms with Crippen LogP contribution in [0.3, 0.4) is 0 Å². The van der Waals surface area contributed by atoms with Crippen molar-refractivity contribution in [2.24, 2.45) is 0 Å². The molecule has 0 aliphatic carbocycles. The Kier molecular flexibility index (Phi) is 4.17. The predicted molar refractivity (Wildman–Crippen MR) is 121 cm³/mol. The van der Waals surface area contributed by atoms with Gasteiger partial charge >= 0.3 is 0 Å². The minimum atomic E-state index is -0.220. The van der Waals surface area contributed by atoms with Crippen LogP contribution in [-0.2, 0) is 0 Å². The van der Waals surface area contributed by atoms with Crippen molar-refractivity contribution in [2.45, 2.75) is 17.0 Å². The van der Waals surface area contributed by atoms with Crippen LogP contribution in [0.4, 0.5) is 5.95 Å². The highest BCUT2D eigenvalue weighted by atomic mass is 32.2. The lowest BCUT2D eigenvalue weighted by atomic mass is 9.87. The fraction of sp³-hybridized carbons (Fsp3) is 0.130. The molecule has 1 N–H and O–H groups in total. The van der Waals surface area contributed by atoms with E-state index in [1.54, 1.807) is 29.4 Å². The number of thiophene rings is 1. The number of fused-ring (bicyclic) bond motifs is 3. The van der Waals surface area contributed by atoms with Crippen LogP contribution < -0.4 is 10.1 Å². The van der Waals surface area contributed by atoms with Crippen molar-refractivity contribution in [3.05, 3.63) is 93.9 Å². The smallest absolute Gasteiger partial charge is 0.226 e. The Hall–Kier alpha value is -3.03. The number of para-hydroxylation sites is 1. The second-order valence-corrected chi connectivity index (χ2v) is 9.03. The number of benzene rings is 2. The number of ether oxygens (including phenoxy) is 1. The molecule has 2 aromatic carbocycles. The van der Waals surface area contributed by atoms with E-state index in [4.69, 9.17) is 4.74 Å². The van der Waals surface area contributed by atoms with Crippen LogP contribution in [0.1, 0.15) is 28.1 Å². The lowest BCUT2D eigenvalue weighted by Gasteiger charge is -2.38. The number of anilines is 1. The van der Waals surface area contributed by atoms with Crippen LogP contribution in [0.2, 0.25) is 0 Å². The molecule has 6 rings (SSSR count). The Balaban J connectivity index is 1.60. The molecule has 0 bridgehead atoms. The summed E-state index contributed by atoms with van der Waals surface area (Å²) in [6.07, 6.45) is 3.48. The van der Waals surface area contributed by atoms with E-state index in [2.05, 4.69) is 69.5 Å². The Morgan fingerprint density at radius 3 is 2.73 bits per heavy atom. The number of aromatic nitrogens is 3. The summed E-state index contributed by atoms with van der Waals surface area (Å²) in [6, 6.07) is 21.0. The molecule has 4 aromatic rings. The highest BCUT2D eigenvalue weighted by Crippen LogP contribution is 2.51. The number of nitrogens with zero attached hydrogens (tertiary/aromatic N) is 3. The molecule has 0 saturated carbocycles. The van der Waals surface area contributed by atoms with Gasteiger partial charge in [-0.15, -0.1) is 23.1 Å². The van der Waals surface area contributed by atoms with E-state index in [1.807, 2.05) is 22.9 Å². The summed E-state index contributed by atoms with van der Waals surface area (Å²) >= 11 is 3.47. The standard InChI is InChI=1S/C23H18N4OS2/c1-29-15-10-8-14(9-11-15)22-19-20(16-5-2-3-6-17(16)28-22)26-23-24-13-25-27(23)21(19)18-7-4-12-30-18/h2-13,21-22H,1H3,(H,24,25,26)/t21-,22+/m0/s1. The van der Waals surface area contributed by atoms with Crippen molar-refractivity contribution < 1.29 is 4.74 Å². The van der Waals surface area contributed by atoms with Gasteiger partial charge in [0.2, 0.25) is 5.95 Å². The molecule has 2 aliphatic heterocycles. The molecule has 148 valence electrons. The van der Waals surface area contributed by atoms with Gasteiger partial charge in [-0.3, -0.25) is 0 Å². The molecule has 2 aromatic heterocycles. The lowest BCUT2D eigenvalue weighted by molar-refractivity contribution is 0.223. The normalized spacial score (nSPS) is 19.4. The number of nitrogens with one attached hydrogen (secondary N) is 1. The summed E-state index contributed by atoms with van der Waals surface area (Å²) in [6.45, 7) is 0. The predicted octanol–water partition coefficient (Wildman–Crippen LogP) is 5.62. The maximum absolute atomic E-state index is 6.62. The largest absolute Gasteiger partial charge is 0.480 e. The average Bonchev–Trinajstić information content (AvgIpc) is 3.49. The maximum Gasteiger partial charge on any atom is 0.226 e. The third kappa shape index (κ3) is 2.69. The Labute approximate surface area is 182 Å². The van der Waals surface area contributed by atoms with Gasteiger partial charge in [0.1, 0.15) is 24.2 Å². The van der Waals surface area contributed by atoms with Crippen molar-refractivity contribution in [1.82, 2.24) is 14.8 Å². The highest BCUT2D eigenvalue weighted by Gasteiger charge is 2.41. The molecule has 0 saturated heterocycles. The molecule has 0 unspecified atom stereocenters. The molecular weight excluding hydrogens is 412 g/mol. The van der Waals surface area contributed by atoms with Crippen molar-refractivity contribution in [3.8, 4) is 5.75 Å². The summed E-state index contributed by atoms with van der Waals surface area (Å²) in [5.74, 6) is 1.63. The SMILES string of the molecule is CSc1ccc([C@H]2Oc3ccccc3C3=C2[C@H](c2cccs2)n2ncnc2N3)cc1. The van der Waals surface area contributed by atoms with Gasteiger partial charge in [-0.1, -0.05) is 30.3 Å². The monoisotopic (exact) mass is 430 g/mol. The Morgan fingerprint density at radius 1 is 1.07 bits per heavy atom. The van der Waals surface area contributed by atoms with Crippen LogP contribution >= 0.6 is 23.1 Å². The van der Waals surface area contributed by atoms with Crippen LogP contribution in [-0.4, -0.2) is 21.0 Å². The molecule has 30 heavy (non-hydrogen) atoms. The van der Waals surface area contributed by atoms with Gasteiger partial charge < -0.3 is 10.1 Å². The van der Waals surface area contributed by atoms with Gasteiger partial charge in [-0.2, -0.15) is 10.1 Å². The number of rotatable bonds is 3. The molecule has 2 aliphatic rings. The fourth-order valence-electron chi connectivity index (χ4n) is 4.19.